The molecule has 0 atom stereocenters. The number of carbonyl (C=O) groups is 3. The third-order valence-corrected chi connectivity index (χ3v) is 11.9. The largest absolute Gasteiger partial charge is 0.496 e. The number of nitrogens with zero attached hydrogens (tertiary/aromatic N) is 4. The quantitative estimate of drug-likeness (QED) is 0.123. The summed E-state index contributed by atoms with van der Waals surface area (Å²) in [5, 5.41) is 37.7. The Labute approximate surface area is 336 Å². The zero-order chi connectivity index (χ0) is 41.4. The van der Waals surface area contributed by atoms with Crippen molar-refractivity contribution in [2.24, 2.45) is 23.7 Å². The minimum atomic E-state index is -1.32. The highest BCUT2D eigenvalue weighted by Gasteiger charge is 2.62. The van der Waals surface area contributed by atoms with Crippen molar-refractivity contribution in [1.29, 1.82) is 0 Å². The van der Waals surface area contributed by atoms with E-state index in [1.54, 1.807) is 35.9 Å². The van der Waals surface area contributed by atoms with Crippen molar-refractivity contribution in [2.75, 3.05) is 74.8 Å². The Bertz CT molecular complexity index is 1800. The number of rotatable bonds is 17. The average Bonchev–Trinajstić information content (AvgIpc) is 3.63. The van der Waals surface area contributed by atoms with Crippen LogP contribution in [0.1, 0.15) is 84.7 Å². The second-order valence-corrected chi connectivity index (χ2v) is 16.3. The maximum absolute atomic E-state index is 14.3. The van der Waals surface area contributed by atoms with Crippen LogP contribution in [0.3, 0.4) is 0 Å². The number of aliphatic hydroxyl groups is 2. The van der Waals surface area contributed by atoms with Crippen molar-refractivity contribution in [3.05, 3.63) is 59.3 Å². The highest BCUT2D eigenvalue weighted by atomic mass is 16.5. The van der Waals surface area contributed by atoms with Gasteiger partial charge in [0.1, 0.15) is 17.0 Å². The molecular formula is C43H62N6O8. The number of carbonyl (C=O) groups excluding carboxylic acids is 2. The molecule has 1 heterocycles. The third-order valence-electron chi connectivity index (χ3n) is 11.9. The fourth-order valence-corrected chi connectivity index (χ4v) is 9.32. The number of hydrogen-bond acceptors (Lipinski definition) is 10. The summed E-state index contributed by atoms with van der Waals surface area (Å²) in [7, 11) is 9.00. The Balaban J connectivity index is 0.000000811. The fraction of sp³-hybridized carbons (Fsp3) is 0.581. The summed E-state index contributed by atoms with van der Waals surface area (Å²) >= 11 is 0. The number of methoxy groups -OCH3 is 2. The molecule has 14 heteroatoms. The molecule has 14 nitrogen and oxygen atoms in total. The van der Waals surface area contributed by atoms with Gasteiger partial charge in [0, 0.05) is 32.2 Å². The Morgan fingerprint density at radius 1 is 0.895 bits per heavy atom. The molecule has 2 aromatic carbocycles. The Hall–Kier alpha value is -4.50. The molecule has 312 valence electrons. The van der Waals surface area contributed by atoms with Gasteiger partial charge < -0.3 is 45.2 Å². The molecule has 57 heavy (non-hydrogen) atoms. The van der Waals surface area contributed by atoms with Crippen LogP contribution in [-0.2, 0) is 4.79 Å². The molecule has 4 aliphatic carbocycles. The van der Waals surface area contributed by atoms with Crippen LogP contribution in [0.4, 0.5) is 0 Å². The summed E-state index contributed by atoms with van der Waals surface area (Å²) in [4.78, 5) is 44.7. The highest BCUT2D eigenvalue weighted by molar-refractivity contribution is 5.98. The highest BCUT2D eigenvalue weighted by Crippen LogP contribution is 2.58. The number of nitrogens with one attached hydrogen (secondary N) is 2. The van der Waals surface area contributed by atoms with Crippen LogP contribution in [0.15, 0.2) is 42.5 Å². The minimum Gasteiger partial charge on any atom is -0.496 e. The molecule has 4 bridgehead atoms. The number of carboxylic acid groups (broad SMARTS) is 1. The van der Waals surface area contributed by atoms with E-state index in [0.29, 0.717) is 65.5 Å². The van der Waals surface area contributed by atoms with Crippen molar-refractivity contribution < 1.29 is 39.2 Å². The summed E-state index contributed by atoms with van der Waals surface area (Å²) in [6, 6.07) is 12.7. The lowest BCUT2D eigenvalue weighted by molar-refractivity contribution is -0.163. The van der Waals surface area contributed by atoms with Crippen molar-refractivity contribution in [3.63, 3.8) is 0 Å². The maximum Gasteiger partial charge on any atom is 0.330 e. The number of aliphatic hydroxyl groups excluding tert-OH is 2. The number of aromatic nitrogens is 2. The molecule has 0 unspecified atom stereocenters. The molecule has 2 amide bonds. The fourth-order valence-electron chi connectivity index (χ4n) is 9.32. The molecule has 4 fully saturated rings. The lowest BCUT2D eigenvalue weighted by Crippen LogP contribution is -2.70. The third kappa shape index (κ3) is 9.46. The predicted molar refractivity (Wildman–Crippen MR) is 218 cm³/mol. The van der Waals surface area contributed by atoms with Crippen LogP contribution in [0.25, 0.3) is 16.9 Å². The lowest BCUT2D eigenvalue weighted by atomic mass is 9.48. The number of carboxylic acids is 1. The summed E-state index contributed by atoms with van der Waals surface area (Å²) < 4.78 is 13.3. The van der Waals surface area contributed by atoms with E-state index >= 15 is 0 Å². The standard InChI is InChI=1S/C39H51N5O6.C4H11NO2/c1-23(2)29-21-26(37(46)43(5)15-9-14-42(3)4)12-13-31(29)44-32(35-33(49-6)10-8-11-34(35)50-7)22-30(41-44)36(45)40-39(38(47)48)27-17-24-16-25(19-27)20-28(39)18-24;6-3-1-5-2-4-7/h8,10-13,21-25,27-28H,9,14-20H2,1-7H3,(H,40,45)(H,47,48);5-7H,1-4H2. The number of hydrogen-bond donors (Lipinski definition) is 5. The molecule has 5 N–H and O–H groups in total. The van der Waals surface area contributed by atoms with E-state index in [9.17, 15) is 19.5 Å². The molecule has 0 aliphatic heterocycles. The molecule has 7 rings (SSSR count). The van der Waals surface area contributed by atoms with Crippen LogP contribution in [-0.4, -0.2) is 133 Å². The van der Waals surface area contributed by atoms with Gasteiger partial charge in [-0.2, -0.15) is 5.10 Å². The van der Waals surface area contributed by atoms with Crippen LogP contribution in [0.2, 0.25) is 0 Å². The lowest BCUT2D eigenvalue weighted by Gasteiger charge is -2.59. The summed E-state index contributed by atoms with van der Waals surface area (Å²) in [6.45, 7) is 7.04. The second-order valence-electron chi connectivity index (χ2n) is 16.3. The van der Waals surface area contributed by atoms with Gasteiger partial charge >= 0.3 is 5.97 Å². The van der Waals surface area contributed by atoms with Gasteiger partial charge in [-0.3, -0.25) is 9.59 Å². The number of aliphatic carboxylic acids is 1. The van der Waals surface area contributed by atoms with E-state index in [1.807, 2.05) is 51.5 Å². The van der Waals surface area contributed by atoms with Crippen LogP contribution >= 0.6 is 0 Å². The number of ether oxygens (including phenoxy) is 2. The van der Waals surface area contributed by atoms with Gasteiger partial charge in [0.2, 0.25) is 0 Å². The average molecular weight is 791 g/mol. The van der Waals surface area contributed by atoms with E-state index < -0.39 is 17.4 Å². The van der Waals surface area contributed by atoms with Crippen LogP contribution in [0, 0.1) is 23.7 Å². The predicted octanol–water partition coefficient (Wildman–Crippen LogP) is 4.27. The molecule has 3 aromatic rings. The monoisotopic (exact) mass is 790 g/mol. The van der Waals surface area contributed by atoms with Gasteiger partial charge in [0.15, 0.2) is 5.69 Å². The topological polar surface area (TPSA) is 179 Å². The SMILES string of the molecule is COc1cccc(OC)c1-c1cc(C(=O)NC2(C(=O)O)C3CC4CC(C3)CC2C4)nn1-c1ccc(C(=O)N(C)CCCN(C)C)cc1C(C)C.OCCNCCO. The van der Waals surface area contributed by atoms with Gasteiger partial charge in [0.05, 0.1) is 44.4 Å². The Morgan fingerprint density at radius 3 is 2.00 bits per heavy atom. The summed E-state index contributed by atoms with van der Waals surface area (Å²) in [5.74, 6) is 0.360. The minimum absolute atomic E-state index is 0.00554. The van der Waals surface area contributed by atoms with Crippen molar-refractivity contribution in [1.82, 2.24) is 30.2 Å². The van der Waals surface area contributed by atoms with Crippen molar-refractivity contribution in [2.45, 2.75) is 63.8 Å². The van der Waals surface area contributed by atoms with Crippen molar-refractivity contribution in [3.8, 4) is 28.4 Å². The molecular weight excluding hydrogens is 729 g/mol. The maximum atomic E-state index is 14.3. The van der Waals surface area contributed by atoms with Gasteiger partial charge in [-0.05, 0) is 131 Å². The molecule has 0 saturated heterocycles. The summed E-state index contributed by atoms with van der Waals surface area (Å²) in [6.07, 6.45) is 5.33. The molecule has 4 saturated carbocycles. The first-order chi connectivity index (χ1) is 27.3. The first-order valence-electron chi connectivity index (χ1n) is 20.1. The van der Waals surface area contributed by atoms with E-state index in [-0.39, 0.29) is 42.6 Å². The van der Waals surface area contributed by atoms with E-state index in [2.05, 4.69) is 29.4 Å². The first kappa shape index (κ1) is 43.6. The van der Waals surface area contributed by atoms with Gasteiger partial charge in [-0.1, -0.05) is 19.9 Å². The Kier molecular flexibility index (Phi) is 14.8. The van der Waals surface area contributed by atoms with Crippen LogP contribution < -0.4 is 20.1 Å². The number of benzene rings is 2. The van der Waals surface area contributed by atoms with Crippen molar-refractivity contribution >= 4 is 17.8 Å². The van der Waals surface area contributed by atoms with Gasteiger partial charge in [0.25, 0.3) is 11.8 Å². The van der Waals surface area contributed by atoms with E-state index in [1.165, 1.54) is 6.42 Å². The smallest absolute Gasteiger partial charge is 0.330 e. The molecule has 4 aliphatic rings. The molecule has 0 radical (unpaired) electrons. The van der Waals surface area contributed by atoms with Gasteiger partial charge in [-0.25, -0.2) is 9.48 Å². The zero-order valence-corrected chi connectivity index (χ0v) is 34.6. The molecule has 0 spiro atoms. The van der Waals surface area contributed by atoms with E-state index in [0.717, 1.165) is 44.2 Å². The number of amides is 2. The Morgan fingerprint density at radius 2 is 1.49 bits per heavy atom. The molecule has 1 aromatic heterocycles. The second kappa shape index (κ2) is 19.3. The first-order valence-corrected chi connectivity index (χ1v) is 20.1. The normalized spacial score (nSPS) is 21.9. The van der Waals surface area contributed by atoms with Gasteiger partial charge in [-0.15, -0.1) is 0 Å². The van der Waals surface area contributed by atoms with E-state index in [4.69, 9.17) is 24.8 Å². The van der Waals surface area contributed by atoms with Crippen LogP contribution in [0.5, 0.6) is 11.5 Å². The zero-order valence-electron chi connectivity index (χ0n) is 34.6. The summed E-state index contributed by atoms with van der Waals surface area (Å²) in [5.41, 5.74) is 2.04.